The van der Waals surface area contributed by atoms with Crippen LogP contribution in [0.4, 0.5) is 5.69 Å². The quantitative estimate of drug-likeness (QED) is 0.546. The van der Waals surface area contributed by atoms with Gasteiger partial charge in [-0.1, -0.05) is 22.9 Å². The number of furan rings is 1. The molecule has 0 radical (unpaired) electrons. The molecular formula is C23H17ClN2O4S2. The van der Waals surface area contributed by atoms with Crippen molar-refractivity contribution in [1.82, 2.24) is 4.98 Å². The highest BCUT2D eigenvalue weighted by Crippen LogP contribution is 2.68. The van der Waals surface area contributed by atoms with Crippen LogP contribution in [0.5, 0.6) is 0 Å². The molecule has 2 aromatic heterocycles. The second kappa shape index (κ2) is 6.62. The van der Waals surface area contributed by atoms with E-state index in [4.69, 9.17) is 16.0 Å². The van der Waals surface area contributed by atoms with Crippen LogP contribution >= 0.6 is 34.7 Å². The molecule has 2 bridgehead atoms. The molecule has 4 heterocycles. The molecular weight excluding hydrogens is 468 g/mol. The molecule has 7 atom stereocenters. The van der Waals surface area contributed by atoms with Crippen LogP contribution in [0.15, 0.2) is 56.9 Å². The lowest BCUT2D eigenvalue weighted by Crippen LogP contribution is -2.42. The Morgan fingerprint density at radius 3 is 2.50 bits per heavy atom. The largest absolute Gasteiger partial charge is 0.469 e. The third-order valence-corrected chi connectivity index (χ3v) is 10.5. The number of amides is 2. The number of anilines is 1. The normalized spacial score (nSPS) is 34.7. The van der Waals surface area contributed by atoms with E-state index in [2.05, 4.69) is 4.98 Å². The van der Waals surface area contributed by atoms with Crippen molar-refractivity contribution in [1.29, 1.82) is 0 Å². The molecule has 3 aromatic rings. The Morgan fingerprint density at radius 2 is 1.78 bits per heavy atom. The van der Waals surface area contributed by atoms with Crippen molar-refractivity contribution in [3.8, 4) is 0 Å². The van der Waals surface area contributed by atoms with Crippen molar-refractivity contribution >= 4 is 52.2 Å². The van der Waals surface area contributed by atoms with Gasteiger partial charge >= 0.3 is 4.87 Å². The van der Waals surface area contributed by atoms with Gasteiger partial charge in [0, 0.05) is 10.3 Å². The number of hydrogen-bond acceptors (Lipinski definition) is 6. The molecule has 2 aliphatic heterocycles. The van der Waals surface area contributed by atoms with E-state index < -0.39 is 0 Å². The molecule has 6 unspecified atom stereocenters. The summed E-state index contributed by atoms with van der Waals surface area (Å²) in [4.78, 5) is 44.5. The molecule has 3 fully saturated rings. The number of aromatic amines is 1. The molecule has 1 aromatic carbocycles. The first-order chi connectivity index (χ1) is 15.5. The van der Waals surface area contributed by atoms with Crippen LogP contribution in [0.2, 0.25) is 5.02 Å². The van der Waals surface area contributed by atoms with Crippen molar-refractivity contribution in [3.63, 3.8) is 0 Å². The average molecular weight is 485 g/mol. The minimum absolute atomic E-state index is 0.0707. The minimum Gasteiger partial charge on any atom is -0.469 e. The number of carbonyl (C=O) groups excluding carboxylic acids is 2. The molecule has 32 heavy (non-hydrogen) atoms. The van der Waals surface area contributed by atoms with E-state index in [-0.39, 0.29) is 57.4 Å². The highest BCUT2D eigenvalue weighted by molar-refractivity contribution is 8.00. The third kappa shape index (κ3) is 2.40. The van der Waals surface area contributed by atoms with E-state index in [9.17, 15) is 14.4 Å². The van der Waals surface area contributed by atoms with Crippen LogP contribution in [-0.4, -0.2) is 22.0 Å². The van der Waals surface area contributed by atoms with Gasteiger partial charge in [0.1, 0.15) is 5.76 Å². The number of H-pyrrole nitrogens is 1. The Kier molecular flexibility index (Phi) is 3.97. The Labute approximate surface area is 195 Å². The van der Waals surface area contributed by atoms with Gasteiger partial charge in [0.2, 0.25) is 11.8 Å². The number of nitrogens with one attached hydrogen (secondary N) is 1. The first kappa shape index (κ1) is 19.2. The van der Waals surface area contributed by atoms with Gasteiger partial charge in [0.15, 0.2) is 0 Å². The van der Waals surface area contributed by atoms with E-state index in [1.807, 2.05) is 12.1 Å². The molecule has 1 saturated heterocycles. The summed E-state index contributed by atoms with van der Waals surface area (Å²) >= 11 is 8.92. The molecule has 2 aliphatic carbocycles. The van der Waals surface area contributed by atoms with Crippen LogP contribution in [0.25, 0.3) is 0 Å². The van der Waals surface area contributed by atoms with Crippen molar-refractivity contribution in [2.45, 2.75) is 22.6 Å². The topological polar surface area (TPSA) is 83.4 Å². The lowest BCUT2D eigenvalue weighted by atomic mass is 9.69. The van der Waals surface area contributed by atoms with Crippen LogP contribution in [0, 0.1) is 29.6 Å². The number of rotatable bonds is 2. The molecule has 1 N–H and O–H groups in total. The van der Waals surface area contributed by atoms with Gasteiger partial charge in [-0.15, -0.1) is 11.8 Å². The van der Waals surface area contributed by atoms with E-state index in [0.29, 0.717) is 10.7 Å². The summed E-state index contributed by atoms with van der Waals surface area (Å²) in [6.45, 7) is 0. The molecule has 9 heteroatoms. The minimum atomic E-state index is -0.320. The standard InChI is InChI=1S/C23H17ClN2O4S2/c24-9-3-5-10(6-4-9)26-21(27)15-11-8-12(16(15)22(26)28)18-14(11)17(13-2-1-7-30-13)19-20(31-18)25-23(29)32-19/h1-7,11-12,14-18H,8H2,(H,25,29)/t11?,12?,14?,15?,16?,17-,18?/m1/s1. The molecule has 0 spiro atoms. The van der Waals surface area contributed by atoms with E-state index in [0.717, 1.165) is 22.1 Å². The van der Waals surface area contributed by atoms with E-state index >= 15 is 0 Å². The fraction of sp³-hybridized carbons (Fsp3) is 0.348. The monoisotopic (exact) mass is 484 g/mol. The Morgan fingerprint density at radius 1 is 1.03 bits per heavy atom. The molecule has 2 saturated carbocycles. The van der Waals surface area contributed by atoms with Gasteiger partial charge in [-0.25, -0.2) is 0 Å². The fourth-order valence-corrected chi connectivity index (χ4v) is 9.64. The maximum absolute atomic E-state index is 13.6. The number of benzene rings is 1. The average Bonchev–Trinajstić information content (AvgIpc) is 3.57. The number of nitrogens with zero attached hydrogens (tertiary/aromatic N) is 1. The van der Waals surface area contributed by atoms with E-state index in [1.54, 1.807) is 42.3 Å². The number of fused-ring (bicyclic) bond motifs is 9. The summed E-state index contributed by atoms with van der Waals surface area (Å²) in [6.07, 6.45) is 2.52. The van der Waals surface area contributed by atoms with Gasteiger partial charge in [0.25, 0.3) is 0 Å². The Bertz CT molecular complexity index is 1310. The predicted octanol–water partition coefficient (Wildman–Crippen LogP) is 4.36. The number of thioether (sulfide) groups is 1. The third-order valence-electron chi connectivity index (χ3n) is 7.66. The molecule has 162 valence electrons. The maximum Gasteiger partial charge on any atom is 0.305 e. The summed E-state index contributed by atoms with van der Waals surface area (Å²) in [5, 5.41) is 1.62. The molecule has 2 amide bonds. The first-order valence-corrected chi connectivity index (χ1v) is 12.7. The predicted molar refractivity (Wildman–Crippen MR) is 121 cm³/mol. The van der Waals surface area contributed by atoms with Gasteiger partial charge in [-0.2, -0.15) is 0 Å². The van der Waals surface area contributed by atoms with Crippen molar-refractivity contribution in [2.75, 3.05) is 4.90 Å². The highest BCUT2D eigenvalue weighted by Gasteiger charge is 2.70. The van der Waals surface area contributed by atoms with Crippen molar-refractivity contribution in [2.24, 2.45) is 29.6 Å². The number of imide groups is 1. The second-order valence-corrected chi connectivity index (χ2v) is 11.6. The van der Waals surface area contributed by atoms with Crippen LogP contribution in [0.1, 0.15) is 23.0 Å². The smallest absolute Gasteiger partial charge is 0.305 e. The van der Waals surface area contributed by atoms with Gasteiger partial charge in [-0.3, -0.25) is 19.3 Å². The summed E-state index contributed by atoms with van der Waals surface area (Å²) in [5.74, 6) is 0.252. The number of carbonyl (C=O) groups is 2. The van der Waals surface area contributed by atoms with Gasteiger partial charge < -0.3 is 9.40 Å². The van der Waals surface area contributed by atoms with Crippen LogP contribution < -0.4 is 9.77 Å². The lowest BCUT2D eigenvalue weighted by Gasteiger charge is -2.42. The summed E-state index contributed by atoms with van der Waals surface area (Å²) in [7, 11) is 0. The number of thiazole rings is 1. The fourth-order valence-electron chi connectivity index (χ4n) is 6.65. The van der Waals surface area contributed by atoms with Gasteiger partial charge in [0.05, 0.1) is 39.6 Å². The summed E-state index contributed by atoms with van der Waals surface area (Å²) in [5.41, 5.74) is 0.583. The zero-order valence-electron chi connectivity index (χ0n) is 16.6. The van der Waals surface area contributed by atoms with Crippen LogP contribution in [0.3, 0.4) is 0 Å². The molecule has 6 nitrogen and oxygen atoms in total. The van der Waals surface area contributed by atoms with Gasteiger partial charge in [-0.05, 0) is 60.6 Å². The SMILES string of the molecule is O=C1C2C3CC(C2C(=O)N1c1ccc(Cl)cc1)C1C3Sc2[nH]c(=O)sc2[C@@H]1c1ccco1. The first-order valence-electron chi connectivity index (χ1n) is 10.6. The lowest BCUT2D eigenvalue weighted by molar-refractivity contribution is -0.123. The summed E-state index contributed by atoms with van der Waals surface area (Å²) in [6, 6.07) is 10.7. The highest BCUT2D eigenvalue weighted by atomic mass is 35.5. The maximum atomic E-state index is 13.6. The molecule has 7 rings (SSSR count). The number of hydrogen-bond donors (Lipinski definition) is 1. The van der Waals surface area contributed by atoms with Crippen molar-refractivity contribution in [3.05, 3.63) is 68.0 Å². The zero-order chi connectivity index (χ0) is 21.7. The number of halogens is 1. The molecule has 4 aliphatic rings. The zero-order valence-corrected chi connectivity index (χ0v) is 19.0. The summed E-state index contributed by atoms with van der Waals surface area (Å²) < 4.78 is 5.82. The van der Waals surface area contributed by atoms with Crippen molar-refractivity contribution < 1.29 is 14.0 Å². The van der Waals surface area contributed by atoms with Crippen LogP contribution in [-0.2, 0) is 9.59 Å². The van der Waals surface area contributed by atoms with E-state index in [1.165, 1.54) is 16.2 Å². The number of aromatic nitrogens is 1. The second-order valence-electron chi connectivity index (χ2n) is 8.96. The Hall–Kier alpha value is -2.29. The Balaban J connectivity index is 1.32.